The Bertz CT molecular complexity index is 887. The van der Waals surface area contributed by atoms with Gasteiger partial charge in [0.1, 0.15) is 11.5 Å². The van der Waals surface area contributed by atoms with Crippen molar-refractivity contribution in [1.82, 2.24) is 4.90 Å². The van der Waals surface area contributed by atoms with Crippen molar-refractivity contribution in [2.75, 3.05) is 27.2 Å². The van der Waals surface area contributed by atoms with Gasteiger partial charge < -0.3 is 14.7 Å². The molecule has 3 rings (SSSR count). The van der Waals surface area contributed by atoms with Crippen molar-refractivity contribution >= 4 is 5.57 Å². The third-order valence-corrected chi connectivity index (χ3v) is 5.09. The summed E-state index contributed by atoms with van der Waals surface area (Å²) in [7, 11) is 4.15. The van der Waals surface area contributed by atoms with Crippen molar-refractivity contribution in [1.29, 1.82) is 0 Å². The normalized spacial score (nSPS) is 14.1. The zero-order valence-electron chi connectivity index (χ0n) is 17.7. The maximum atomic E-state index is 9.73. The highest BCUT2D eigenvalue weighted by Gasteiger charge is 2.15. The SMILES string of the molecule is CC/C(C1=CCC=C1)=C(\c1ccc(O)cc1)c1ccc(OCCCN(C)C)cc1. The Morgan fingerprint density at radius 3 is 2.21 bits per heavy atom. The minimum absolute atomic E-state index is 0.285. The zero-order chi connectivity index (χ0) is 20.6. The Balaban J connectivity index is 1.90. The molecule has 0 atom stereocenters. The van der Waals surface area contributed by atoms with Crippen molar-refractivity contribution in [3.63, 3.8) is 0 Å². The first-order valence-electron chi connectivity index (χ1n) is 10.4. The van der Waals surface area contributed by atoms with E-state index in [1.165, 1.54) is 16.7 Å². The number of hydrogen-bond donors (Lipinski definition) is 1. The minimum atomic E-state index is 0.285. The molecule has 0 amide bonds. The summed E-state index contributed by atoms with van der Waals surface area (Å²) in [5, 5.41) is 9.73. The molecule has 3 nitrogen and oxygen atoms in total. The van der Waals surface area contributed by atoms with Gasteiger partial charge in [0, 0.05) is 6.54 Å². The van der Waals surface area contributed by atoms with Crippen LogP contribution in [0.3, 0.4) is 0 Å². The lowest BCUT2D eigenvalue weighted by molar-refractivity contribution is 0.281. The number of hydrogen-bond acceptors (Lipinski definition) is 3. The second kappa shape index (κ2) is 10.1. The van der Waals surface area contributed by atoms with Crippen LogP contribution in [0.5, 0.6) is 11.5 Å². The molecule has 1 aliphatic carbocycles. The number of nitrogens with zero attached hydrogens (tertiary/aromatic N) is 1. The van der Waals surface area contributed by atoms with E-state index >= 15 is 0 Å². The maximum absolute atomic E-state index is 9.73. The van der Waals surface area contributed by atoms with E-state index in [0.29, 0.717) is 0 Å². The fourth-order valence-electron chi connectivity index (χ4n) is 3.64. The molecule has 29 heavy (non-hydrogen) atoms. The van der Waals surface area contributed by atoms with Crippen LogP contribution in [0.2, 0.25) is 0 Å². The molecule has 0 aliphatic heterocycles. The number of phenolic OH excluding ortho intramolecular Hbond substituents is 1. The molecular formula is C26H31NO2. The van der Waals surface area contributed by atoms with Gasteiger partial charge in [0.05, 0.1) is 6.61 Å². The maximum Gasteiger partial charge on any atom is 0.119 e. The monoisotopic (exact) mass is 389 g/mol. The molecule has 0 saturated heterocycles. The summed E-state index contributed by atoms with van der Waals surface area (Å²) in [4.78, 5) is 2.17. The molecule has 3 heteroatoms. The van der Waals surface area contributed by atoms with Gasteiger partial charge in [-0.1, -0.05) is 49.4 Å². The van der Waals surface area contributed by atoms with Gasteiger partial charge in [-0.15, -0.1) is 0 Å². The van der Waals surface area contributed by atoms with Crippen LogP contribution in [0, 0.1) is 0 Å². The van der Waals surface area contributed by atoms with Gasteiger partial charge in [0.2, 0.25) is 0 Å². The molecule has 0 spiro atoms. The molecular weight excluding hydrogens is 358 g/mol. The van der Waals surface area contributed by atoms with Gasteiger partial charge in [0.15, 0.2) is 0 Å². The number of phenols is 1. The zero-order valence-corrected chi connectivity index (χ0v) is 17.7. The van der Waals surface area contributed by atoms with Gasteiger partial charge in [0.25, 0.3) is 0 Å². The predicted octanol–water partition coefficient (Wildman–Crippen LogP) is 5.82. The first kappa shape index (κ1) is 20.9. The van der Waals surface area contributed by atoms with Crippen LogP contribution in [-0.4, -0.2) is 37.3 Å². The fourth-order valence-corrected chi connectivity index (χ4v) is 3.64. The largest absolute Gasteiger partial charge is 0.508 e. The van der Waals surface area contributed by atoms with Gasteiger partial charge in [-0.05, 0) is 85.5 Å². The van der Waals surface area contributed by atoms with Crippen LogP contribution in [-0.2, 0) is 0 Å². The highest BCUT2D eigenvalue weighted by Crippen LogP contribution is 2.35. The van der Waals surface area contributed by atoms with Crippen molar-refractivity contribution in [2.24, 2.45) is 0 Å². The number of allylic oxidation sites excluding steroid dienone is 5. The molecule has 2 aromatic rings. The Kier molecular flexibility index (Phi) is 7.31. The van der Waals surface area contributed by atoms with Crippen LogP contribution in [0.4, 0.5) is 0 Å². The summed E-state index contributed by atoms with van der Waals surface area (Å²) in [5.41, 5.74) is 6.10. The van der Waals surface area contributed by atoms with Crippen molar-refractivity contribution in [3.8, 4) is 11.5 Å². The van der Waals surface area contributed by atoms with E-state index in [1.54, 1.807) is 12.1 Å². The molecule has 2 aromatic carbocycles. The lowest BCUT2D eigenvalue weighted by atomic mass is 9.88. The van der Waals surface area contributed by atoms with Gasteiger partial charge in [-0.25, -0.2) is 0 Å². The Labute approximate surface area is 174 Å². The second-order valence-corrected chi connectivity index (χ2v) is 7.58. The van der Waals surface area contributed by atoms with Crippen LogP contribution in [0.25, 0.3) is 5.57 Å². The minimum Gasteiger partial charge on any atom is -0.508 e. The number of aromatic hydroxyl groups is 1. The summed E-state index contributed by atoms with van der Waals surface area (Å²) in [5.74, 6) is 1.18. The highest BCUT2D eigenvalue weighted by molar-refractivity contribution is 5.85. The van der Waals surface area contributed by atoms with Crippen molar-refractivity contribution < 1.29 is 9.84 Å². The second-order valence-electron chi connectivity index (χ2n) is 7.58. The molecule has 0 unspecified atom stereocenters. The lowest BCUT2D eigenvalue weighted by Gasteiger charge is -2.17. The standard InChI is InChI=1S/C26H31NO2/c1-4-25(20-8-5-6-9-20)26(21-10-14-23(28)15-11-21)22-12-16-24(17-13-22)29-19-7-18-27(2)3/h5,8-17,28H,4,6-7,18-19H2,1-3H3/b26-25-. The lowest BCUT2D eigenvalue weighted by Crippen LogP contribution is -2.15. The summed E-state index contributed by atoms with van der Waals surface area (Å²) in [6.07, 6.45) is 9.62. The van der Waals surface area contributed by atoms with E-state index in [4.69, 9.17) is 4.74 Å². The van der Waals surface area contributed by atoms with Crippen molar-refractivity contribution in [2.45, 2.75) is 26.2 Å². The fraction of sp³-hybridized carbons (Fsp3) is 0.308. The highest BCUT2D eigenvalue weighted by atomic mass is 16.5. The molecule has 152 valence electrons. The number of rotatable bonds is 9. The summed E-state index contributed by atoms with van der Waals surface area (Å²) in [6, 6.07) is 15.9. The van der Waals surface area contributed by atoms with Crippen LogP contribution < -0.4 is 4.74 Å². The smallest absolute Gasteiger partial charge is 0.119 e. The third kappa shape index (κ3) is 5.61. The first-order chi connectivity index (χ1) is 14.1. The molecule has 0 radical (unpaired) electrons. The van der Waals surface area contributed by atoms with E-state index in [2.05, 4.69) is 68.4 Å². The molecule has 0 heterocycles. The predicted molar refractivity (Wildman–Crippen MR) is 121 cm³/mol. The average Bonchev–Trinajstić information content (AvgIpc) is 3.25. The third-order valence-electron chi connectivity index (χ3n) is 5.09. The molecule has 1 N–H and O–H groups in total. The van der Waals surface area contributed by atoms with E-state index in [1.807, 2.05) is 12.1 Å². The Hall–Kier alpha value is -2.78. The molecule has 0 aromatic heterocycles. The summed E-state index contributed by atoms with van der Waals surface area (Å²) in [6.45, 7) is 3.94. The van der Waals surface area contributed by atoms with Gasteiger partial charge in [-0.3, -0.25) is 0 Å². The van der Waals surface area contributed by atoms with Crippen LogP contribution in [0.1, 0.15) is 37.3 Å². The van der Waals surface area contributed by atoms with Gasteiger partial charge >= 0.3 is 0 Å². The van der Waals surface area contributed by atoms with E-state index in [0.717, 1.165) is 49.3 Å². The molecule has 0 fully saturated rings. The molecule has 0 bridgehead atoms. The quantitative estimate of drug-likeness (QED) is 0.549. The van der Waals surface area contributed by atoms with Crippen molar-refractivity contribution in [3.05, 3.63) is 89.0 Å². The summed E-state index contributed by atoms with van der Waals surface area (Å²) >= 11 is 0. The summed E-state index contributed by atoms with van der Waals surface area (Å²) < 4.78 is 5.90. The van der Waals surface area contributed by atoms with E-state index < -0.39 is 0 Å². The number of benzene rings is 2. The van der Waals surface area contributed by atoms with E-state index in [9.17, 15) is 5.11 Å². The van der Waals surface area contributed by atoms with Gasteiger partial charge in [-0.2, -0.15) is 0 Å². The number of ether oxygens (including phenoxy) is 1. The topological polar surface area (TPSA) is 32.7 Å². The average molecular weight is 390 g/mol. The van der Waals surface area contributed by atoms with Crippen LogP contribution >= 0.6 is 0 Å². The van der Waals surface area contributed by atoms with Crippen LogP contribution in [0.15, 0.2) is 77.9 Å². The molecule has 1 aliphatic rings. The first-order valence-corrected chi connectivity index (χ1v) is 10.4. The Morgan fingerprint density at radius 2 is 1.66 bits per heavy atom. The Morgan fingerprint density at radius 1 is 1.00 bits per heavy atom. The molecule has 0 saturated carbocycles. The van der Waals surface area contributed by atoms with E-state index in [-0.39, 0.29) is 5.75 Å².